The number of nitro groups is 2. The highest BCUT2D eigenvalue weighted by Gasteiger charge is 2.04. The summed E-state index contributed by atoms with van der Waals surface area (Å²) in [6.45, 7) is 0.418. The Morgan fingerprint density at radius 1 is 0.700 bits per heavy atom. The zero-order chi connectivity index (χ0) is 21.9. The lowest BCUT2D eigenvalue weighted by Gasteiger charge is -2.03. The maximum Gasteiger partial charge on any atom is 0.269 e. The molecule has 30 heavy (non-hydrogen) atoms. The Labute approximate surface area is 171 Å². The van der Waals surface area contributed by atoms with Crippen LogP contribution in [0.15, 0.2) is 60.7 Å². The van der Waals surface area contributed by atoms with Crippen molar-refractivity contribution in [2.75, 3.05) is 13.1 Å². The second-order valence-corrected chi connectivity index (χ2v) is 5.95. The average Bonchev–Trinajstić information content (AvgIpc) is 2.74. The molecule has 0 radical (unpaired) electrons. The third-order valence-electron chi connectivity index (χ3n) is 3.79. The van der Waals surface area contributed by atoms with Crippen LogP contribution in [0.2, 0.25) is 0 Å². The zero-order valence-electron chi connectivity index (χ0n) is 15.7. The van der Waals surface area contributed by atoms with Crippen LogP contribution in [-0.2, 0) is 9.59 Å². The van der Waals surface area contributed by atoms with E-state index in [0.717, 1.165) is 0 Å². The fourth-order valence-electron chi connectivity index (χ4n) is 2.25. The summed E-state index contributed by atoms with van der Waals surface area (Å²) in [5.74, 6) is -0.743. The molecule has 2 aromatic carbocycles. The molecule has 0 saturated heterocycles. The first-order valence-electron chi connectivity index (χ1n) is 8.76. The normalized spacial score (nSPS) is 10.8. The van der Waals surface area contributed by atoms with Gasteiger partial charge in [0, 0.05) is 49.5 Å². The maximum absolute atomic E-state index is 11.7. The molecule has 2 aromatic rings. The van der Waals surface area contributed by atoms with Crippen LogP contribution in [0.25, 0.3) is 12.2 Å². The molecule has 10 nitrogen and oxygen atoms in total. The van der Waals surface area contributed by atoms with Crippen LogP contribution in [-0.4, -0.2) is 34.8 Å². The second-order valence-electron chi connectivity index (χ2n) is 5.95. The summed E-state index contributed by atoms with van der Waals surface area (Å²) in [5, 5.41) is 26.4. The van der Waals surface area contributed by atoms with Crippen LogP contribution in [0.5, 0.6) is 0 Å². The molecule has 0 saturated carbocycles. The Morgan fingerprint density at radius 3 is 1.33 bits per heavy atom. The molecule has 0 aliphatic carbocycles. The number of hydrogen-bond acceptors (Lipinski definition) is 6. The molecular formula is C20H18N4O6. The lowest BCUT2D eigenvalue weighted by atomic mass is 10.2. The summed E-state index contributed by atoms with van der Waals surface area (Å²) in [6.07, 6.45) is 5.62. The summed E-state index contributed by atoms with van der Waals surface area (Å²) < 4.78 is 0. The second kappa shape index (κ2) is 10.9. The third-order valence-corrected chi connectivity index (χ3v) is 3.79. The molecule has 0 unspecified atom stereocenters. The van der Waals surface area contributed by atoms with Gasteiger partial charge in [-0.3, -0.25) is 29.8 Å². The molecule has 0 atom stereocenters. The number of nitrogens with zero attached hydrogens (tertiary/aromatic N) is 2. The minimum Gasteiger partial charge on any atom is -0.351 e. The van der Waals surface area contributed by atoms with Crippen molar-refractivity contribution in [3.05, 3.63) is 92.0 Å². The van der Waals surface area contributed by atoms with Gasteiger partial charge in [0.05, 0.1) is 9.85 Å². The molecule has 0 fully saturated rings. The van der Waals surface area contributed by atoms with Crippen LogP contribution >= 0.6 is 0 Å². The molecule has 0 aromatic heterocycles. The van der Waals surface area contributed by atoms with Crippen molar-refractivity contribution in [1.29, 1.82) is 0 Å². The summed E-state index contributed by atoms with van der Waals surface area (Å²) >= 11 is 0. The average molecular weight is 410 g/mol. The molecule has 0 bridgehead atoms. The number of nitrogens with one attached hydrogen (secondary N) is 2. The number of hydrogen-bond donors (Lipinski definition) is 2. The van der Waals surface area contributed by atoms with E-state index in [1.807, 2.05) is 0 Å². The van der Waals surface area contributed by atoms with Gasteiger partial charge in [-0.25, -0.2) is 0 Å². The van der Waals surface area contributed by atoms with E-state index in [9.17, 15) is 29.8 Å². The molecule has 0 spiro atoms. The zero-order valence-corrected chi connectivity index (χ0v) is 15.7. The number of rotatable bonds is 9. The van der Waals surface area contributed by atoms with E-state index < -0.39 is 9.85 Å². The first kappa shape index (κ1) is 22.0. The van der Waals surface area contributed by atoms with Gasteiger partial charge in [0.25, 0.3) is 11.4 Å². The van der Waals surface area contributed by atoms with E-state index in [1.165, 1.54) is 72.8 Å². The van der Waals surface area contributed by atoms with Crippen LogP contribution in [0.4, 0.5) is 11.4 Å². The Balaban J connectivity index is 1.69. The first-order valence-corrected chi connectivity index (χ1v) is 8.76. The summed E-state index contributed by atoms with van der Waals surface area (Å²) in [5.41, 5.74) is 1.21. The van der Waals surface area contributed by atoms with Gasteiger partial charge in [0.2, 0.25) is 11.8 Å². The minimum atomic E-state index is -0.504. The van der Waals surface area contributed by atoms with Gasteiger partial charge in [-0.05, 0) is 47.5 Å². The standard InChI is InChI=1S/C20H18N4O6/c25-19(11-5-15-1-7-17(8-2-15)23(27)28)21-13-14-22-20(26)12-6-16-3-9-18(10-4-16)24(29)30/h1-12H,13-14H2,(H,21,25)(H,22,26). The highest BCUT2D eigenvalue weighted by molar-refractivity contribution is 5.92. The lowest BCUT2D eigenvalue weighted by molar-refractivity contribution is -0.385. The van der Waals surface area contributed by atoms with Crippen molar-refractivity contribution in [1.82, 2.24) is 10.6 Å². The fraction of sp³-hybridized carbons (Fsp3) is 0.100. The van der Waals surface area contributed by atoms with Crippen molar-refractivity contribution < 1.29 is 19.4 Å². The fourth-order valence-corrected chi connectivity index (χ4v) is 2.25. The largest absolute Gasteiger partial charge is 0.351 e. The topological polar surface area (TPSA) is 144 Å². The van der Waals surface area contributed by atoms with Gasteiger partial charge in [-0.2, -0.15) is 0 Å². The monoisotopic (exact) mass is 410 g/mol. The van der Waals surface area contributed by atoms with Crippen molar-refractivity contribution in [2.45, 2.75) is 0 Å². The lowest BCUT2D eigenvalue weighted by Crippen LogP contribution is -2.33. The smallest absolute Gasteiger partial charge is 0.269 e. The Morgan fingerprint density at radius 2 is 1.03 bits per heavy atom. The first-order chi connectivity index (χ1) is 14.3. The molecule has 0 aliphatic heterocycles. The number of carbonyl (C=O) groups excluding carboxylic acids is 2. The summed E-state index contributed by atoms with van der Waals surface area (Å²) in [7, 11) is 0. The van der Waals surface area contributed by atoms with Crippen molar-refractivity contribution in [3.63, 3.8) is 0 Å². The van der Waals surface area contributed by atoms with Gasteiger partial charge in [-0.1, -0.05) is 0 Å². The quantitative estimate of drug-likeness (QED) is 0.281. The van der Waals surface area contributed by atoms with Crippen molar-refractivity contribution >= 4 is 35.3 Å². The van der Waals surface area contributed by atoms with Crippen LogP contribution in [0, 0.1) is 20.2 Å². The minimum absolute atomic E-state index is 0.0324. The molecule has 2 N–H and O–H groups in total. The van der Waals surface area contributed by atoms with Gasteiger partial charge in [-0.15, -0.1) is 0 Å². The molecule has 0 heterocycles. The highest BCUT2D eigenvalue weighted by Crippen LogP contribution is 2.13. The maximum atomic E-state index is 11.7. The highest BCUT2D eigenvalue weighted by atomic mass is 16.6. The summed E-state index contributed by atoms with van der Waals surface area (Å²) in [4.78, 5) is 43.6. The van der Waals surface area contributed by atoms with E-state index in [4.69, 9.17) is 0 Å². The SMILES string of the molecule is O=C(C=Cc1ccc([N+](=O)[O-])cc1)NCCNC(=O)C=Cc1ccc([N+](=O)[O-])cc1. The van der Waals surface area contributed by atoms with Gasteiger partial charge >= 0.3 is 0 Å². The summed E-state index contributed by atoms with van der Waals surface area (Å²) in [6, 6.07) is 11.5. The van der Waals surface area contributed by atoms with Crippen LogP contribution in [0.3, 0.4) is 0 Å². The number of amides is 2. The van der Waals surface area contributed by atoms with Gasteiger partial charge in [0.15, 0.2) is 0 Å². The Bertz CT molecular complexity index is 900. The number of nitro benzene ring substituents is 2. The Hall–Kier alpha value is -4.34. The predicted molar refractivity (Wildman–Crippen MR) is 110 cm³/mol. The van der Waals surface area contributed by atoms with E-state index in [1.54, 1.807) is 0 Å². The van der Waals surface area contributed by atoms with E-state index in [-0.39, 0.29) is 36.3 Å². The molecule has 2 amide bonds. The number of carbonyl (C=O) groups is 2. The van der Waals surface area contributed by atoms with Crippen molar-refractivity contribution in [3.8, 4) is 0 Å². The molecule has 2 rings (SSSR count). The van der Waals surface area contributed by atoms with Crippen molar-refractivity contribution in [2.24, 2.45) is 0 Å². The number of non-ortho nitro benzene ring substituents is 2. The van der Waals surface area contributed by atoms with E-state index in [2.05, 4.69) is 10.6 Å². The molecule has 10 heteroatoms. The van der Waals surface area contributed by atoms with E-state index >= 15 is 0 Å². The molecule has 0 aliphatic rings. The van der Waals surface area contributed by atoms with E-state index in [0.29, 0.717) is 11.1 Å². The number of benzene rings is 2. The van der Waals surface area contributed by atoms with Crippen LogP contribution in [0.1, 0.15) is 11.1 Å². The van der Waals surface area contributed by atoms with Crippen LogP contribution < -0.4 is 10.6 Å². The van der Waals surface area contributed by atoms with Gasteiger partial charge in [0.1, 0.15) is 0 Å². The third kappa shape index (κ3) is 7.35. The Kier molecular flexibility index (Phi) is 7.94. The molecular weight excluding hydrogens is 392 g/mol. The molecule has 154 valence electrons. The van der Waals surface area contributed by atoms with Gasteiger partial charge < -0.3 is 10.6 Å². The predicted octanol–water partition coefficient (Wildman–Crippen LogP) is 2.46.